The third-order valence-electron chi connectivity index (χ3n) is 6.30. The van der Waals surface area contributed by atoms with Crippen LogP contribution in [-0.2, 0) is 19.1 Å². The van der Waals surface area contributed by atoms with E-state index in [1.54, 1.807) is 55.5 Å². The van der Waals surface area contributed by atoms with Crippen molar-refractivity contribution in [1.29, 1.82) is 0 Å². The molecule has 0 bridgehead atoms. The average molecular weight is 426 g/mol. The summed E-state index contributed by atoms with van der Waals surface area (Å²) in [4.78, 5) is 40.1. The number of rotatable bonds is 8. The second-order valence-electron chi connectivity index (χ2n) is 7.36. The molecule has 1 fully saturated rings. The Kier molecular flexibility index (Phi) is 6.06. The van der Waals surface area contributed by atoms with Crippen molar-refractivity contribution in [3.8, 4) is 11.5 Å². The van der Waals surface area contributed by atoms with Gasteiger partial charge in [-0.1, -0.05) is 43.3 Å². The largest absolute Gasteiger partial charge is 0.493 e. The Hall–Kier alpha value is -3.35. The second kappa shape index (κ2) is 8.41. The van der Waals surface area contributed by atoms with Crippen molar-refractivity contribution in [1.82, 2.24) is 0 Å². The van der Waals surface area contributed by atoms with E-state index in [4.69, 9.17) is 18.9 Å². The van der Waals surface area contributed by atoms with Crippen LogP contribution in [0.25, 0.3) is 0 Å². The van der Waals surface area contributed by atoms with Crippen LogP contribution in [0, 0.1) is 10.8 Å². The molecule has 0 aliphatic heterocycles. The van der Waals surface area contributed by atoms with Gasteiger partial charge in [0.2, 0.25) is 0 Å². The lowest BCUT2D eigenvalue weighted by atomic mass is 9.83. The van der Waals surface area contributed by atoms with Crippen LogP contribution in [0.3, 0.4) is 0 Å². The highest BCUT2D eigenvalue weighted by Gasteiger charge is 2.88. The lowest BCUT2D eigenvalue weighted by Gasteiger charge is -2.20. The number of ether oxygens (including phenoxy) is 4. The minimum Gasteiger partial charge on any atom is -0.493 e. The third-order valence-corrected chi connectivity index (χ3v) is 6.30. The molecule has 1 saturated carbocycles. The van der Waals surface area contributed by atoms with E-state index in [2.05, 4.69) is 0 Å². The van der Waals surface area contributed by atoms with Crippen LogP contribution in [0.4, 0.5) is 0 Å². The molecule has 0 spiro atoms. The van der Waals surface area contributed by atoms with Crippen LogP contribution < -0.4 is 9.47 Å². The highest BCUT2D eigenvalue weighted by molar-refractivity contribution is 6.19. The Morgan fingerprint density at radius 2 is 1.42 bits per heavy atom. The van der Waals surface area contributed by atoms with Gasteiger partial charge < -0.3 is 18.9 Å². The normalized spacial score (nSPS) is 21.0. The van der Waals surface area contributed by atoms with Crippen molar-refractivity contribution in [2.24, 2.45) is 10.8 Å². The van der Waals surface area contributed by atoms with Crippen molar-refractivity contribution in [2.75, 3.05) is 28.4 Å². The maximum Gasteiger partial charge on any atom is 0.324 e. The molecule has 2 aromatic rings. The average Bonchev–Trinajstić information content (AvgIpc) is 3.47. The smallest absolute Gasteiger partial charge is 0.324 e. The molecular weight excluding hydrogens is 400 g/mol. The first-order valence-corrected chi connectivity index (χ1v) is 9.89. The number of benzene rings is 2. The molecule has 0 N–H and O–H groups in total. The van der Waals surface area contributed by atoms with Gasteiger partial charge in [-0.2, -0.15) is 0 Å². The summed E-state index contributed by atoms with van der Waals surface area (Å²) in [7, 11) is 5.40. The van der Waals surface area contributed by atoms with Gasteiger partial charge in [-0.05, 0) is 24.1 Å². The van der Waals surface area contributed by atoms with E-state index in [1.165, 1.54) is 28.4 Å². The van der Waals surface area contributed by atoms with Crippen molar-refractivity contribution >= 4 is 17.7 Å². The molecule has 7 heteroatoms. The monoisotopic (exact) mass is 426 g/mol. The summed E-state index contributed by atoms with van der Waals surface area (Å²) < 4.78 is 20.8. The molecular formula is C24H26O7. The van der Waals surface area contributed by atoms with Crippen molar-refractivity contribution < 1.29 is 33.3 Å². The first-order chi connectivity index (χ1) is 14.9. The molecule has 1 aliphatic rings. The van der Waals surface area contributed by atoms with E-state index in [9.17, 15) is 14.4 Å². The molecule has 7 nitrogen and oxygen atoms in total. The van der Waals surface area contributed by atoms with Crippen molar-refractivity contribution in [2.45, 2.75) is 19.3 Å². The van der Waals surface area contributed by atoms with Gasteiger partial charge in [-0.25, -0.2) is 0 Å². The van der Waals surface area contributed by atoms with Crippen LogP contribution in [0.5, 0.6) is 11.5 Å². The number of esters is 2. The third kappa shape index (κ3) is 2.99. The van der Waals surface area contributed by atoms with Gasteiger partial charge in [-0.15, -0.1) is 0 Å². The Morgan fingerprint density at radius 3 is 1.90 bits per heavy atom. The Morgan fingerprint density at radius 1 is 0.839 bits per heavy atom. The summed E-state index contributed by atoms with van der Waals surface area (Å²) in [6, 6.07) is 13.7. The predicted molar refractivity (Wildman–Crippen MR) is 112 cm³/mol. The molecule has 0 amide bonds. The maximum atomic E-state index is 13.8. The summed E-state index contributed by atoms with van der Waals surface area (Å²) in [5.41, 5.74) is -2.18. The number of hydrogen-bond acceptors (Lipinski definition) is 7. The Labute approximate surface area is 181 Å². The molecule has 31 heavy (non-hydrogen) atoms. The minimum absolute atomic E-state index is 0.226. The SMILES string of the molecule is CC[C@]1(C(=O)c2ccccc2)[C@H](c2ccc(OC)c(OC)c2)C1(C(=O)OC)C(=O)OC. The first-order valence-electron chi connectivity index (χ1n) is 9.89. The predicted octanol–water partition coefficient (Wildman–Crippen LogP) is 3.41. The molecule has 2 aromatic carbocycles. The zero-order valence-electron chi connectivity index (χ0n) is 18.3. The highest BCUT2D eigenvalue weighted by atomic mass is 16.5. The molecule has 3 rings (SSSR count). The van der Waals surface area contributed by atoms with Gasteiger partial charge >= 0.3 is 11.9 Å². The summed E-state index contributed by atoms with van der Waals surface area (Å²) in [5, 5.41) is 0. The molecule has 2 atom stereocenters. The maximum absolute atomic E-state index is 13.8. The van der Waals surface area contributed by atoms with Gasteiger partial charge in [0.15, 0.2) is 22.7 Å². The van der Waals surface area contributed by atoms with Gasteiger partial charge in [0.05, 0.1) is 33.9 Å². The fourth-order valence-corrected chi connectivity index (χ4v) is 4.91. The molecule has 0 radical (unpaired) electrons. The van der Waals surface area contributed by atoms with Gasteiger partial charge in [0, 0.05) is 11.5 Å². The molecule has 0 saturated heterocycles. The van der Waals surface area contributed by atoms with Crippen LogP contribution in [-0.4, -0.2) is 46.2 Å². The number of carbonyl (C=O) groups is 3. The summed E-state index contributed by atoms with van der Waals surface area (Å²) >= 11 is 0. The number of hydrogen-bond donors (Lipinski definition) is 0. The van der Waals surface area contributed by atoms with Gasteiger partial charge in [0.25, 0.3) is 0 Å². The molecule has 1 aliphatic carbocycles. The number of methoxy groups -OCH3 is 4. The summed E-state index contributed by atoms with van der Waals surface area (Å²) in [6.45, 7) is 1.78. The minimum atomic E-state index is -1.81. The lowest BCUT2D eigenvalue weighted by molar-refractivity contribution is -0.163. The standard InChI is InChI=1S/C24H26O7/c1-6-23(20(25)15-10-8-7-9-11-15)19(24(23,21(26)30-4)22(27)31-5)16-12-13-17(28-2)18(14-16)29-3/h7-14,19H,6H2,1-5H3/t19-,23+/m0/s1. The van der Waals surface area contributed by atoms with Gasteiger partial charge in [0.1, 0.15) is 0 Å². The highest BCUT2D eigenvalue weighted by Crippen LogP contribution is 2.78. The Bertz CT molecular complexity index is 982. The van der Waals surface area contributed by atoms with Crippen LogP contribution in [0.1, 0.15) is 35.2 Å². The Balaban J connectivity index is 2.29. The topological polar surface area (TPSA) is 88.1 Å². The van der Waals surface area contributed by atoms with Crippen LogP contribution in [0.2, 0.25) is 0 Å². The van der Waals surface area contributed by atoms with Crippen LogP contribution in [0.15, 0.2) is 48.5 Å². The zero-order chi connectivity index (χ0) is 22.8. The fraction of sp³-hybridized carbons (Fsp3) is 0.375. The summed E-state index contributed by atoms with van der Waals surface area (Å²) in [6.07, 6.45) is 0.226. The van der Waals surface area contributed by atoms with E-state index >= 15 is 0 Å². The van der Waals surface area contributed by atoms with E-state index in [0.717, 1.165) is 0 Å². The van der Waals surface area contributed by atoms with Crippen molar-refractivity contribution in [3.05, 3.63) is 59.7 Å². The lowest BCUT2D eigenvalue weighted by Crippen LogP contribution is -2.37. The van der Waals surface area contributed by atoms with Crippen molar-refractivity contribution in [3.63, 3.8) is 0 Å². The molecule has 164 valence electrons. The second-order valence-corrected chi connectivity index (χ2v) is 7.36. The fourth-order valence-electron chi connectivity index (χ4n) is 4.91. The quantitative estimate of drug-likeness (QED) is 0.363. The van der Waals surface area contributed by atoms with E-state index in [0.29, 0.717) is 22.6 Å². The summed E-state index contributed by atoms with van der Waals surface area (Å²) in [5.74, 6) is -1.79. The molecule has 0 unspecified atom stereocenters. The first kappa shape index (κ1) is 22.3. The van der Waals surface area contributed by atoms with Crippen LogP contribution >= 0.6 is 0 Å². The van der Waals surface area contributed by atoms with Gasteiger partial charge in [-0.3, -0.25) is 14.4 Å². The number of Topliss-reactive ketones (excluding diaryl/α,β-unsaturated/α-hetero) is 1. The molecule has 0 heterocycles. The van der Waals surface area contributed by atoms with E-state index in [-0.39, 0.29) is 12.2 Å². The van der Waals surface area contributed by atoms with E-state index < -0.39 is 28.7 Å². The zero-order valence-corrected chi connectivity index (χ0v) is 18.3. The number of ketones is 1. The number of carbonyl (C=O) groups excluding carboxylic acids is 3. The molecule has 0 aromatic heterocycles. The van der Waals surface area contributed by atoms with E-state index in [1.807, 2.05) is 0 Å².